The minimum absolute atomic E-state index is 0.0813. The van der Waals surface area contributed by atoms with E-state index in [0.717, 1.165) is 44.6 Å². The third-order valence-corrected chi connectivity index (χ3v) is 10.8. The summed E-state index contributed by atoms with van der Waals surface area (Å²) in [6.07, 6.45) is 0. The third kappa shape index (κ3) is 4.17. The Bertz CT molecular complexity index is 2830. The summed E-state index contributed by atoms with van der Waals surface area (Å²) in [5, 5.41) is 32.2. The van der Waals surface area contributed by atoms with Gasteiger partial charge < -0.3 is 4.57 Å². The molecule has 1 heterocycles. The van der Waals surface area contributed by atoms with E-state index in [0.29, 0.717) is 16.7 Å². The molecule has 7 aromatic carbocycles. The summed E-state index contributed by atoms with van der Waals surface area (Å²) < 4.78 is 2.33. The molecule has 3 aliphatic rings. The zero-order valence-electron chi connectivity index (χ0n) is 27.3. The Morgan fingerprint density at radius 2 is 1.00 bits per heavy atom. The highest BCUT2D eigenvalue weighted by atomic mass is 15.0. The van der Waals surface area contributed by atoms with Crippen molar-refractivity contribution >= 4 is 21.8 Å². The second kappa shape index (κ2) is 10.9. The van der Waals surface area contributed by atoms with E-state index in [4.69, 9.17) is 0 Å². The maximum absolute atomic E-state index is 10.2. The van der Waals surface area contributed by atoms with Crippen LogP contribution < -0.4 is 0 Å². The molecule has 0 radical (unpaired) electrons. The molecule has 0 saturated heterocycles. The van der Waals surface area contributed by atoms with Crippen LogP contribution in [-0.2, 0) is 0 Å². The van der Waals surface area contributed by atoms with Gasteiger partial charge in [-0.1, -0.05) is 78.9 Å². The minimum Gasteiger partial charge on any atom is -0.309 e. The molecule has 0 saturated carbocycles. The molecule has 0 aliphatic heterocycles. The lowest BCUT2D eigenvalue weighted by Gasteiger charge is -2.43. The Morgan fingerprint density at radius 3 is 1.69 bits per heavy atom. The standard InChI is InChI=1S/C47H26N4/c48-25-28-10-17-36-40(20-28)45-41-21-29(26-49)11-18-37(41)46(36)47-38(22-30(27-50)23-42(45)47)32-14-12-31(13-15-32)33-16-19-44-39(24-33)35-8-4-5-9-43(35)51(44)34-6-2-1-3-7-34/h1-24,45-46H. The van der Waals surface area contributed by atoms with E-state index in [1.54, 1.807) is 0 Å². The van der Waals surface area contributed by atoms with E-state index in [-0.39, 0.29) is 11.8 Å². The fourth-order valence-electron chi connectivity index (χ4n) is 8.69. The fraction of sp³-hybridized carbons (Fsp3) is 0.0426. The van der Waals surface area contributed by atoms with Gasteiger partial charge in [0.1, 0.15) is 0 Å². The van der Waals surface area contributed by atoms with E-state index < -0.39 is 0 Å². The maximum Gasteiger partial charge on any atom is 0.0991 e. The Morgan fingerprint density at radius 1 is 0.412 bits per heavy atom. The van der Waals surface area contributed by atoms with Crippen molar-refractivity contribution in [2.24, 2.45) is 0 Å². The van der Waals surface area contributed by atoms with Crippen molar-refractivity contribution in [1.29, 1.82) is 15.8 Å². The number of aromatic nitrogens is 1. The van der Waals surface area contributed by atoms with Crippen LogP contribution >= 0.6 is 0 Å². The number of nitrogens with zero attached hydrogens (tertiary/aromatic N) is 4. The number of nitriles is 3. The number of rotatable bonds is 3. The topological polar surface area (TPSA) is 76.3 Å². The monoisotopic (exact) mass is 646 g/mol. The van der Waals surface area contributed by atoms with Crippen LogP contribution in [0.3, 0.4) is 0 Å². The summed E-state index contributed by atoms with van der Waals surface area (Å²) in [7, 11) is 0. The lowest BCUT2D eigenvalue weighted by Crippen LogP contribution is -2.28. The van der Waals surface area contributed by atoms with Gasteiger partial charge in [-0.05, 0) is 122 Å². The van der Waals surface area contributed by atoms with Crippen molar-refractivity contribution in [2.45, 2.75) is 11.8 Å². The summed E-state index contributed by atoms with van der Waals surface area (Å²) in [5.74, 6) is -0.255. The number of fused-ring (bicyclic) bond motifs is 3. The number of hydrogen-bond acceptors (Lipinski definition) is 3. The van der Waals surface area contributed by atoms with Crippen molar-refractivity contribution in [1.82, 2.24) is 4.57 Å². The predicted molar refractivity (Wildman–Crippen MR) is 201 cm³/mol. The van der Waals surface area contributed by atoms with Gasteiger partial charge in [0, 0.05) is 28.3 Å². The second-order valence-corrected chi connectivity index (χ2v) is 13.4. The third-order valence-electron chi connectivity index (χ3n) is 10.8. The molecule has 11 rings (SSSR count). The van der Waals surface area contributed by atoms with E-state index >= 15 is 0 Å². The molecule has 0 atom stereocenters. The van der Waals surface area contributed by atoms with Crippen molar-refractivity contribution in [3.05, 3.63) is 196 Å². The molecule has 234 valence electrons. The Balaban J connectivity index is 1.11. The Hall–Kier alpha value is -7.19. The molecule has 0 amide bonds. The van der Waals surface area contributed by atoms with Gasteiger partial charge in [0.25, 0.3) is 0 Å². The molecule has 3 aliphatic carbocycles. The Kier molecular flexibility index (Phi) is 6.16. The van der Waals surface area contributed by atoms with Gasteiger partial charge >= 0.3 is 0 Å². The molecule has 51 heavy (non-hydrogen) atoms. The van der Waals surface area contributed by atoms with Gasteiger partial charge in [-0.3, -0.25) is 0 Å². The molecule has 0 spiro atoms. The van der Waals surface area contributed by atoms with Crippen LogP contribution in [0.5, 0.6) is 0 Å². The Labute approximate surface area is 294 Å². The largest absolute Gasteiger partial charge is 0.309 e. The first-order valence-corrected chi connectivity index (χ1v) is 17.0. The zero-order chi connectivity index (χ0) is 34.2. The molecular weight excluding hydrogens is 621 g/mol. The highest BCUT2D eigenvalue weighted by Crippen LogP contribution is 2.58. The molecular formula is C47H26N4. The van der Waals surface area contributed by atoms with Crippen LogP contribution in [0.2, 0.25) is 0 Å². The summed E-state index contributed by atoms with van der Waals surface area (Å²) >= 11 is 0. The first-order valence-electron chi connectivity index (χ1n) is 17.0. The summed E-state index contributed by atoms with van der Waals surface area (Å²) in [6.45, 7) is 0. The molecule has 1 aromatic heterocycles. The van der Waals surface area contributed by atoms with Crippen LogP contribution in [0.25, 0.3) is 49.7 Å². The lowest BCUT2D eigenvalue weighted by atomic mass is 9.59. The van der Waals surface area contributed by atoms with Crippen LogP contribution in [0.4, 0.5) is 0 Å². The average molecular weight is 647 g/mol. The maximum atomic E-state index is 10.2. The van der Waals surface area contributed by atoms with Gasteiger partial charge in [-0.15, -0.1) is 0 Å². The van der Waals surface area contributed by atoms with E-state index in [1.807, 2.05) is 42.5 Å². The normalized spacial score (nSPS) is 15.0. The SMILES string of the molecule is N#Cc1ccc2c(c1)C1c3cc(C#N)ccc3C2c2c(-c3ccc(-c4ccc5c(c4)c4ccccc4n5-c4ccccc4)cc3)cc(C#N)cc21. The number of hydrogen-bond donors (Lipinski definition) is 0. The molecule has 0 fully saturated rings. The van der Waals surface area contributed by atoms with Crippen LogP contribution in [0, 0.1) is 34.0 Å². The van der Waals surface area contributed by atoms with E-state index in [2.05, 4.69) is 126 Å². The number of benzene rings is 7. The molecule has 8 aromatic rings. The van der Waals surface area contributed by atoms with Gasteiger partial charge in [-0.2, -0.15) is 15.8 Å². The quantitative estimate of drug-likeness (QED) is 0.192. The molecule has 0 N–H and O–H groups in total. The fourth-order valence-corrected chi connectivity index (χ4v) is 8.69. The molecule has 2 bridgehead atoms. The molecule has 4 heteroatoms. The highest BCUT2D eigenvalue weighted by Gasteiger charge is 2.43. The van der Waals surface area contributed by atoms with Gasteiger partial charge in [0.2, 0.25) is 0 Å². The van der Waals surface area contributed by atoms with E-state index in [9.17, 15) is 15.8 Å². The predicted octanol–water partition coefficient (Wildman–Crippen LogP) is 10.7. The van der Waals surface area contributed by atoms with Crippen LogP contribution in [0.15, 0.2) is 146 Å². The molecule has 4 nitrogen and oxygen atoms in total. The lowest BCUT2D eigenvalue weighted by molar-refractivity contribution is 0.754. The van der Waals surface area contributed by atoms with Gasteiger partial charge in [0.15, 0.2) is 0 Å². The van der Waals surface area contributed by atoms with Crippen molar-refractivity contribution < 1.29 is 0 Å². The smallest absolute Gasteiger partial charge is 0.0991 e. The van der Waals surface area contributed by atoms with Crippen LogP contribution in [0.1, 0.15) is 61.9 Å². The second-order valence-electron chi connectivity index (χ2n) is 13.4. The molecule has 0 unspecified atom stereocenters. The van der Waals surface area contributed by atoms with Gasteiger partial charge in [0.05, 0.1) is 45.9 Å². The summed E-state index contributed by atoms with van der Waals surface area (Å²) in [5.41, 5.74) is 16.4. The van der Waals surface area contributed by atoms with Crippen molar-refractivity contribution in [3.63, 3.8) is 0 Å². The first-order chi connectivity index (χ1) is 25.1. The summed E-state index contributed by atoms with van der Waals surface area (Å²) in [4.78, 5) is 0. The van der Waals surface area contributed by atoms with E-state index in [1.165, 1.54) is 38.5 Å². The highest BCUT2D eigenvalue weighted by molar-refractivity contribution is 6.10. The minimum atomic E-state index is -0.173. The van der Waals surface area contributed by atoms with Crippen LogP contribution in [-0.4, -0.2) is 4.57 Å². The van der Waals surface area contributed by atoms with Crippen molar-refractivity contribution in [3.8, 4) is 46.1 Å². The number of para-hydroxylation sites is 2. The average Bonchev–Trinajstić information content (AvgIpc) is 3.53. The van der Waals surface area contributed by atoms with Gasteiger partial charge in [-0.25, -0.2) is 0 Å². The summed E-state index contributed by atoms with van der Waals surface area (Å²) in [6, 6.07) is 57.5. The zero-order valence-corrected chi connectivity index (χ0v) is 27.3. The first kappa shape index (κ1) is 28.8. The van der Waals surface area contributed by atoms with Crippen molar-refractivity contribution in [2.75, 3.05) is 0 Å².